The minimum atomic E-state index is -0.213. The molecule has 0 aliphatic heterocycles. The number of halogens is 2. The second-order valence-corrected chi connectivity index (χ2v) is 6.10. The van der Waals surface area contributed by atoms with Crippen molar-refractivity contribution in [3.63, 3.8) is 0 Å². The predicted octanol–water partition coefficient (Wildman–Crippen LogP) is 4.02. The topological polar surface area (TPSA) is 58.6 Å². The quantitative estimate of drug-likeness (QED) is 0.699. The average molecular weight is 407 g/mol. The van der Waals surface area contributed by atoms with Gasteiger partial charge in [-0.3, -0.25) is 9.78 Å². The molecule has 6 heteroatoms. The molecule has 2 aromatic heterocycles. The van der Waals surface area contributed by atoms with E-state index in [1.807, 2.05) is 36.4 Å². The van der Waals surface area contributed by atoms with E-state index in [0.29, 0.717) is 17.2 Å². The van der Waals surface area contributed by atoms with Gasteiger partial charge in [-0.05, 0) is 37.9 Å². The van der Waals surface area contributed by atoms with E-state index >= 15 is 0 Å². The van der Waals surface area contributed by atoms with E-state index in [9.17, 15) is 4.79 Å². The Labute approximate surface area is 137 Å². The van der Waals surface area contributed by atoms with Crippen molar-refractivity contribution in [1.29, 1.82) is 0 Å². The van der Waals surface area contributed by atoms with E-state index in [-0.39, 0.29) is 5.56 Å². The van der Waals surface area contributed by atoms with E-state index in [4.69, 9.17) is 0 Å². The predicted molar refractivity (Wildman–Crippen MR) is 88.9 cm³/mol. The van der Waals surface area contributed by atoms with Crippen molar-refractivity contribution in [3.05, 3.63) is 68.0 Å². The third-order valence-electron chi connectivity index (χ3n) is 2.84. The van der Waals surface area contributed by atoms with Crippen molar-refractivity contribution in [2.24, 2.45) is 0 Å². The van der Waals surface area contributed by atoms with Crippen LogP contribution in [-0.4, -0.2) is 15.0 Å². The first kappa shape index (κ1) is 14.2. The van der Waals surface area contributed by atoms with E-state index in [1.165, 1.54) is 6.07 Å². The second-order valence-electron chi connectivity index (χ2n) is 4.33. The number of rotatable bonds is 2. The summed E-state index contributed by atoms with van der Waals surface area (Å²) in [7, 11) is 0. The number of nitrogens with one attached hydrogen (secondary N) is 1. The molecule has 4 nitrogen and oxygen atoms in total. The molecular weight excluding hydrogens is 398 g/mol. The van der Waals surface area contributed by atoms with Gasteiger partial charge in [-0.1, -0.05) is 30.3 Å². The molecule has 104 valence electrons. The van der Waals surface area contributed by atoms with Gasteiger partial charge in [0.1, 0.15) is 5.69 Å². The molecule has 2 heterocycles. The Hall–Kier alpha value is -1.79. The number of nitrogens with zero attached hydrogens (tertiary/aromatic N) is 2. The minimum Gasteiger partial charge on any atom is -0.305 e. The van der Waals surface area contributed by atoms with Crippen molar-refractivity contribution >= 4 is 31.9 Å². The van der Waals surface area contributed by atoms with Crippen LogP contribution in [0, 0.1) is 0 Å². The Kier molecular flexibility index (Phi) is 3.98. The lowest BCUT2D eigenvalue weighted by atomic mass is 10.1. The summed E-state index contributed by atoms with van der Waals surface area (Å²) in [5.74, 6) is 0.431. The summed E-state index contributed by atoms with van der Waals surface area (Å²) >= 11 is 6.78. The molecule has 1 N–H and O–H groups in total. The first-order valence-electron chi connectivity index (χ1n) is 6.12. The van der Waals surface area contributed by atoms with E-state index in [2.05, 4.69) is 46.8 Å². The monoisotopic (exact) mass is 405 g/mol. The van der Waals surface area contributed by atoms with Crippen LogP contribution in [0.3, 0.4) is 0 Å². The van der Waals surface area contributed by atoms with Gasteiger partial charge in [-0.25, -0.2) is 4.98 Å². The highest BCUT2D eigenvalue weighted by Crippen LogP contribution is 2.26. The number of aromatic amines is 1. The fourth-order valence-corrected chi connectivity index (χ4v) is 3.09. The second kappa shape index (κ2) is 5.91. The van der Waals surface area contributed by atoms with Crippen LogP contribution in [0.4, 0.5) is 0 Å². The molecule has 0 bridgehead atoms. The zero-order valence-corrected chi connectivity index (χ0v) is 13.8. The van der Waals surface area contributed by atoms with Gasteiger partial charge in [0.2, 0.25) is 0 Å². The van der Waals surface area contributed by atoms with Gasteiger partial charge in [0, 0.05) is 26.8 Å². The molecule has 0 radical (unpaired) electrons. The Morgan fingerprint density at radius 2 is 1.81 bits per heavy atom. The van der Waals surface area contributed by atoms with E-state index in [0.717, 1.165) is 14.5 Å². The summed E-state index contributed by atoms with van der Waals surface area (Å²) in [5, 5.41) is 0. The van der Waals surface area contributed by atoms with Gasteiger partial charge in [-0.2, -0.15) is 0 Å². The molecule has 0 aliphatic rings. The van der Waals surface area contributed by atoms with Crippen LogP contribution in [0.5, 0.6) is 0 Å². The molecule has 0 aliphatic carbocycles. The van der Waals surface area contributed by atoms with Gasteiger partial charge in [0.25, 0.3) is 5.56 Å². The van der Waals surface area contributed by atoms with E-state index in [1.54, 1.807) is 6.20 Å². The molecule has 3 rings (SSSR count). The van der Waals surface area contributed by atoms with Crippen LogP contribution in [0.1, 0.15) is 0 Å². The third-order valence-corrected chi connectivity index (χ3v) is 3.88. The van der Waals surface area contributed by atoms with Gasteiger partial charge in [0.15, 0.2) is 5.82 Å². The first-order valence-corrected chi connectivity index (χ1v) is 7.70. The highest BCUT2D eigenvalue weighted by Gasteiger charge is 2.10. The maximum atomic E-state index is 11.9. The Bertz CT molecular complexity index is 847. The number of H-pyrrole nitrogens is 1. The van der Waals surface area contributed by atoms with E-state index < -0.39 is 0 Å². The molecule has 0 fully saturated rings. The molecular formula is C15H9Br2N3O. The van der Waals surface area contributed by atoms with Crippen molar-refractivity contribution in [2.45, 2.75) is 0 Å². The molecule has 0 atom stereocenters. The number of hydrogen-bond acceptors (Lipinski definition) is 3. The lowest BCUT2D eigenvalue weighted by Crippen LogP contribution is -2.09. The Morgan fingerprint density at radius 3 is 2.52 bits per heavy atom. The molecule has 1 aromatic carbocycles. The molecule has 0 saturated carbocycles. The lowest BCUT2D eigenvalue weighted by Gasteiger charge is -2.06. The SMILES string of the molecule is O=c1cc(-c2ccccc2)nc(-c2ncc(Br)cc2Br)[nH]1. The van der Waals surface area contributed by atoms with Gasteiger partial charge in [-0.15, -0.1) is 0 Å². The molecule has 3 aromatic rings. The standard InChI is InChI=1S/C15H9Br2N3O/c16-10-6-11(17)14(18-8-10)15-19-12(7-13(21)20-15)9-4-2-1-3-5-9/h1-8H,(H,19,20,21). The first-order chi connectivity index (χ1) is 10.1. The summed E-state index contributed by atoms with van der Waals surface area (Å²) < 4.78 is 1.60. The van der Waals surface area contributed by atoms with Crippen LogP contribution in [0.15, 0.2) is 62.4 Å². The smallest absolute Gasteiger partial charge is 0.251 e. The van der Waals surface area contributed by atoms with Crippen LogP contribution in [0.25, 0.3) is 22.8 Å². The van der Waals surface area contributed by atoms with Gasteiger partial charge in [0.05, 0.1) is 5.69 Å². The zero-order valence-electron chi connectivity index (χ0n) is 10.7. The molecule has 0 spiro atoms. The van der Waals surface area contributed by atoms with Gasteiger partial charge < -0.3 is 4.98 Å². The number of benzene rings is 1. The van der Waals surface area contributed by atoms with Gasteiger partial charge >= 0.3 is 0 Å². The highest BCUT2D eigenvalue weighted by atomic mass is 79.9. The summed E-state index contributed by atoms with van der Waals surface area (Å²) in [6.45, 7) is 0. The fourth-order valence-electron chi connectivity index (χ4n) is 1.92. The number of aromatic nitrogens is 3. The molecule has 0 unspecified atom stereocenters. The van der Waals surface area contributed by atoms with Crippen LogP contribution >= 0.6 is 31.9 Å². The fraction of sp³-hybridized carbons (Fsp3) is 0. The third kappa shape index (κ3) is 3.11. The van der Waals surface area contributed by atoms with Crippen LogP contribution in [-0.2, 0) is 0 Å². The van der Waals surface area contributed by atoms with Crippen molar-refractivity contribution < 1.29 is 0 Å². The normalized spacial score (nSPS) is 10.6. The molecule has 0 saturated heterocycles. The minimum absolute atomic E-state index is 0.213. The number of pyridine rings is 1. The molecule has 0 amide bonds. The van der Waals surface area contributed by atoms with Crippen LogP contribution in [0.2, 0.25) is 0 Å². The summed E-state index contributed by atoms with van der Waals surface area (Å²) in [4.78, 5) is 23.4. The Morgan fingerprint density at radius 1 is 1.05 bits per heavy atom. The van der Waals surface area contributed by atoms with Crippen LogP contribution < -0.4 is 5.56 Å². The largest absolute Gasteiger partial charge is 0.305 e. The molecule has 21 heavy (non-hydrogen) atoms. The zero-order chi connectivity index (χ0) is 14.8. The van der Waals surface area contributed by atoms with Crippen molar-refractivity contribution in [3.8, 4) is 22.8 Å². The maximum absolute atomic E-state index is 11.9. The average Bonchev–Trinajstić information content (AvgIpc) is 2.47. The number of hydrogen-bond donors (Lipinski definition) is 1. The lowest BCUT2D eigenvalue weighted by molar-refractivity contribution is 1.10. The maximum Gasteiger partial charge on any atom is 0.251 e. The van der Waals surface area contributed by atoms with Crippen molar-refractivity contribution in [1.82, 2.24) is 15.0 Å². The highest BCUT2D eigenvalue weighted by molar-refractivity contribution is 9.11. The summed E-state index contributed by atoms with van der Waals surface area (Å²) in [5.41, 5.74) is 1.88. The Balaban J connectivity index is 2.16. The van der Waals surface area contributed by atoms with Crippen molar-refractivity contribution in [2.75, 3.05) is 0 Å². The summed E-state index contributed by atoms with van der Waals surface area (Å²) in [6.07, 6.45) is 1.66. The summed E-state index contributed by atoms with van der Waals surface area (Å²) in [6, 6.07) is 12.9.